The van der Waals surface area contributed by atoms with Crippen molar-refractivity contribution in [3.8, 4) is 6.07 Å². The number of aromatic nitrogens is 1. The number of carbonyl (C=O) groups excluding carboxylic acids is 1. The van der Waals surface area contributed by atoms with Gasteiger partial charge in [-0.05, 0) is 30.9 Å². The van der Waals surface area contributed by atoms with Gasteiger partial charge in [-0.2, -0.15) is 5.26 Å². The smallest absolute Gasteiger partial charge is 0.241 e. The van der Waals surface area contributed by atoms with Gasteiger partial charge in [0.05, 0.1) is 12.1 Å². The number of halogens is 1. The zero-order valence-electron chi connectivity index (χ0n) is 12.7. The van der Waals surface area contributed by atoms with E-state index >= 15 is 0 Å². The van der Waals surface area contributed by atoms with Gasteiger partial charge >= 0.3 is 0 Å². The van der Waals surface area contributed by atoms with Crippen LogP contribution in [0.5, 0.6) is 0 Å². The van der Waals surface area contributed by atoms with E-state index in [-0.39, 0.29) is 30.4 Å². The van der Waals surface area contributed by atoms with Crippen LogP contribution in [0.15, 0.2) is 24.3 Å². The fourth-order valence-corrected chi connectivity index (χ4v) is 3.68. The molecule has 1 aromatic carbocycles. The van der Waals surface area contributed by atoms with Crippen LogP contribution in [0.25, 0.3) is 10.9 Å². The van der Waals surface area contributed by atoms with Crippen LogP contribution in [-0.4, -0.2) is 34.4 Å². The number of nitrogens with one attached hydrogen (secondary N) is 2. The predicted molar refractivity (Wildman–Crippen MR) is 90.2 cm³/mol. The molecular weight excluding hydrogens is 312 g/mol. The number of likely N-dealkylation sites (tertiary alicyclic amines) is 1. The number of para-hydroxylation sites is 1. The molecule has 1 saturated heterocycles. The van der Waals surface area contributed by atoms with Crippen molar-refractivity contribution in [3.63, 3.8) is 0 Å². The van der Waals surface area contributed by atoms with Crippen LogP contribution in [0.4, 0.5) is 0 Å². The maximum Gasteiger partial charge on any atom is 0.241 e. The Bertz CT molecular complexity index is 778. The lowest BCUT2D eigenvalue weighted by Gasteiger charge is -2.29. The second-order valence-corrected chi connectivity index (χ2v) is 6.08. The van der Waals surface area contributed by atoms with E-state index in [1.807, 2.05) is 12.1 Å². The standard InChI is InChI=1S/C17H18N4O.ClH/c18-9-11-4-3-7-21(11)17(22)15-8-13-12-5-1-2-6-14(12)20-16(13)10-19-15;/h1-2,5-6,11,15,19-20H,3-4,7-8,10H2;1H/t11-,15-;/m0./s1. The third kappa shape index (κ3) is 2.58. The Hall–Kier alpha value is -2.03. The van der Waals surface area contributed by atoms with E-state index in [1.54, 1.807) is 4.90 Å². The monoisotopic (exact) mass is 330 g/mol. The van der Waals surface area contributed by atoms with Crippen molar-refractivity contribution in [2.24, 2.45) is 0 Å². The molecule has 3 heterocycles. The van der Waals surface area contributed by atoms with Crippen LogP contribution < -0.4 is 5.32 Å². The van der Waals surface area contributed by atoms with Crippen molar-refractivity contribution >= 4 is 29.2 Å². The molecule has 0 aliphatic carbocycles. The molecule has 0 spiro atoms. The Labute approximate surface area is 141 Å². The maximum atomic E-state index is 12.7. The van der Waals surface area contributed by atoms with Crippen molar-refractivity contribution in [3.05, 3.63) is 35.5 Å². The lowest BCUT2D eigenvalue weighted by molar-refractivity contribution is -0.133. The molecular formula is C17H19ClN4O. The molecule has 0 saturated carbocycles. The molecule has 1 aromatic heterocycles. The SMILES string of the molecule is Cl.N#C[C@@H]1CCCN1C(=O)[C@@H]1Cc2c([nH]c3ccccc23)CN1. The normalized spacial score (nSPS) is 23.2. The van der Waals surface area contributed by atoms with Crippen molar-refractivity contribution in [1.29, 1.82) is 5.26 Å². The van der Waals surface area contributed by atoms with Gasteiger partial charge in [-0.15, -0.1) is 12.4 Å². The molecule has 4 rings (SSSR count). The molecule has 2 aliphatic heterocycles. The van der Waals surface area contributed by atoms with E-state index in [2.05, 4.69) is 28.5 Å². The molecule has 0 radical (unpaired) electrons. The summed E-state index contributed by atoms with van der Waals surface area (Å²) in [6, 6.07) is 9.99. The molecule has 2 aromatic rings. The average Bonchev–Trinajstić information content (AvgIpc) is 3.17. The average molecular weight is 331 g/mol. The van der Waals surface area contributed by atoms with E-state index in [0.717, 1.165) is 18.4 Å². The molecule has 6 heteroatoms. The fourth-order valence-electron chi connectivity index (χ4n) is 3.68. The minimum atomic E-state index is -0.251. The van der Waals surface area contributed by atoms with Gasteiger partial charge < -0.3 is 9.88 Å². The van der Waals surface area contributed by atoms with Crippen LogP contribution in [0.3, 0.4) is 0 Å². The summed E-state index contributed by atoms with van der Waals surface area (Å²) in [6.07, 6.45) is 2.41. The van der Waals surface area contributed by atoms with Crippen LogP contribution >= 0.6 is 12.4 Å². The Morgan fingerprint density at radius 2 is 2.17 bits per heavy atom. The quantitative estimate of drug-likeness (QED) is 0.841. The summed E-state index contributed by atoms with van der Waals surface area (Å²) in [7, 11) is 0. The number of fused-ring (bicyclic) bond motifs is 3. The number of nitriles is 1. The maximum absolute atomic E-state index is 12.7. The highest BCUT2D eigenvalue weighted by Crippen LogP contribution is 2.28. The number of carbonyl (C=O) groups is 1. The molecule has 5 nitrogen and oxygen atoms in total. The van der Waals surface area contributed by atoms with Gasteiger partial charge in [0.15, 0.2) is 0 Å². The predicted octanol–water partition coefficient (Wildman–Crippen LogP) is 2.12. The number of hydrogen-bond donors (Lipinski definition) is 2. The van der Waals surface area contributed by atoms with Crippen molar-refractivity contribution < 1.29 is 4.79 Å². The first kappa shape index (κ1) is 15.9. The Kier molecular flexibility index (Phi) is 4.29. The lowest BCUT2D eigenvalue weighted by atomic mass is 9.97. The van der Waals surface area contributed by atoms with Gasteiger partial charge in [-0.25, -0.2) is 0 Å². The van der Waals surface area contributed by atoms with Gasteiger partial charge in [0.2, 0.25) is 5.91 Å². The molecule has 23 heavy (non-hydrogen) atoms. The second kappa shape index (κ2) is 6.23. The summed E-state index contributed by atoms with van der Waals surface area (Å²) in [6.45, 7) is 1.38. The third-order valence-corrected chi connectivity index (χ3v) is 4.82. The highest BCUT2D eigenvalue weighted by atomic mass is 35.5. The van der Waals surface area contributed by atoms with Gasteiger partial charge in [0.1, 0.15) is 6.04 Å². The molecule has 1 fully saturated rings. The zero-order chi connectivity index (χ0) is 15.1. The van der Waals surface area contributed by atoms with E-state index in [0.29, 0.717) is 19.5 Å². The van der Waals surface area contributed by atoms with Crippen molar-refractivity contribution in [1.82, 2.24) is 15.2 Å². The van der Waals surface area contributed by atoms with Gasteiger partial charge in [-0.3, -0.25) is 10.1 Å². The summed E-state index contributed by atoms with van der Waals surface area (Å²) in [5, 5.41) is 13.7. The van der Waals surface area contributed by atoms with Crippen LogP contribution in [0.2, 0.25) is 0 Å². The van der Waals surface area contributed by atoms with Crippen LogP contribution in [0.1, 0.15) is 24.1 Å². The molecule has 120 valence electrons. The minimum Gasteiger partial charge on any atom is -0.357 e. The van der Waals surface area contributed by atoms with E-state index in [9.17, 15) is 10.1 Å². The Morgan fingerprint density at radius 1 is 1.35 bits per heavy atom. The lowest BCUT2D eigenvalue weighted by Crippen LogP contribution is -2.50. The summed E-state index contributed by atoms with van der Waals surface area (Å²) >= 11 is 0. The highest BCUT2D eigenvalue weighted by molar-refractivity contribution is 5.88. The number of aromatic amines is 1. The minimum absolute atomic E-state index is 0. The van der Waals surface area contributed by atoms with E-state index in [1.165, 1.54) is 16.6 Å². The van der Waals surface area contributed by atoms with Crippen LogP contribution in [0, 0.1) is 11.3 Å². The molecule has 0 unspecified atom stereocenters. The second-order valence-electron chi connectivity index (χ2n) is 6.08. The molecule has 2 aliphatic rings. The third-order valence-electron chi connectivity index (χ3n) is 4.82. The number of hydrogen-bond acceptors (Lipinski definition) is 3. The molecule has 2 N–H and O–H groups in total. The van der Waals surface area contributed by atoms with Gasteiger partial charge in [0.25, 0.3) is 0 Å². The number of amides is 1. The van der Waals surface area contributed by atoms with E-state index in [4.69, 9.17) is 0 Å². The first-order valence-corrected chi connectivity index (χ1v) is 7.80. The Morgan fingerprint density at radius 3 is 3.00 bits per heavy atom. The number of H-pyrrole nitrogens is 1. The number of rotatable bonds is 1. The summed E-state index contributed by atoms with van der Waals surface area (Å²) in [4.78, 5) is 17.9. The summed E-state index contributed by atoms with van der Waals surface area (Å²) in [5.41, 5.74) is 3.53. The zero-order valence-corrected chi connectivity index (χ0v) is 13.5. The van der Waals surface area contributed by atoms with Gasteiger partial charge in [0, 0.05) is 29.7 Å². The summed E-state index contributed by atoms with van der Waals surface area (Å²) < 4.78 is 0. The Balaban J connectivity index is 0.00000156. The molecule has 2 atom stereocenters. The van der Waals surface area contributed by atoms with E-state index < -0.39 is 0 Å². The largest absolute Gasteiger partial charge is 0.357 e. The molecule has 0 bridgehead atoms. The first-order chi connectivity index (χ1) is 10.8. The number of nitrogens with zero attached hydrogens (tertiary/aromatic N) is 2. The molecule has 1 amide bonds. The number of benzene rings is 1. The fraction of sp³-hybridized carbons (Fsp3) is 0.412. The van der Waals surface area contributed by atoms with Crippen LogP contribution in [-0.2, 0) is 17.8 Å². The van der Waals surface area contributed by atoms with Crippen molar-refractivity contribution in [2.45, 2.75) is 37.9 Å². The summed E-state index contributed by atoms with van der Waals surface area (Å²) in [5.74, 6) is 0.0694. The topological polar surface area (TPSA) is 71.9 Å². The highest BCUT2D eigenvalue weighted by Gasteiger charge is 2.35. The first-order valence-electron chi connectivity index (χ1n) is 7.80. The van der Waals surface area contributed by atoms with Gasteiger partial charge in [-0.1, -0.05) is 18.2 Å². The van der Waals surface area contributed by atoms with Crippen molar-refractivity contribution in [2.75, 3.05) is 6.54 Å².